The molecule has 0 aliphatic rings. The highest BCUT2D eigenvalue weighted by Crippen LogP contribution is 2.21. The molecule has 0 bridgehead atoms. The summed E-state index contributed by atoms with van der Waals surface area (Å²) in [5.41, 5.74) is 9.92. The van der Waals surface area contributed by atoms with Crippen LogP contribution in [0.1, 0.15) is 11.3 Å². The third-order valence-corrected chi connectivity index (χ3v) is 4.80. The average molecular weight is 534 g/mol. The Hall–Kier alpha value is -4.01. The highest BCUT2D eigenvalue weighted by atomic mass is 35.5. The first-order valence-electron chi connectivity index (χ1n) is 10.2. The van der Waals surface area contributed by atoms with Crippen LogP contribution in [-0.4, -0.2) is 53.3 Å². The Bertz CT molecular complexity index is 1150. The molecule has 1 aromatic heterocycles. The van der Waals surface area contributed by atoms with E-state index in [4.69, 9.17) is 27.9 Å². The zero-order valence-corrected chi connectivity index (χ0v) is 19.7. The van der Waals surface area contributed by atoms with E-state index in [1.165, 1.54) is 6.92 Å². The van der Waals surface area contributed by atoms with Crippen molar-refractivity contribution >= 4 is 35.3 Å². The summed E-state index contributed by atoms with van der Waals surface area (Å²) in [6.07, 6.45) is -5.24. The number of nitrogens with zero attached hydrogens (tertiary/aromatic N) is 4. The maximum atomic E-state index is 13.1. The van der Waals surface area contributed by atoms with Gasteiger partial charge < -0.3 is 26.5 Å². The largest absolute Gasteiger partial charge is 0.493 e. The zero-order chi connectivity index (χ0) is 26.9. The molecule has 1 heterocycles. The minimum absolute atomic E-state index is 0.0263. The topological polar surface area (TPSA) is 167 Å². The number of amides is 1. The summed E-state index contributed by atoms with van der Waals surface area (Å²) in [6.45, 7) is 0.345. The van der Waals surface area contributed by atoms with E-state index in [1.54, 1.807) is 30.3 Å². The van der Waals surface area contributed by atoms with E-state index in [9.17, 15) is 27.6 Å². The highest BCUT2D eigenvalue weighted by molar-refractivity contribution is 6.30. The van der Waals surface area contributed by atoms with Crippen molar-refractivity contribution in [1.82, 2.24) is 14.9 Å². The number of benzene rings is 1. The normalized spacial score (nSPS) is 10.9. The number of guanidine groups is 1. The van der Waals surface area contributed by atoms with Crippen molar-refractivity contribution in [2.45, 2.75) is 26.1 Å². The second-order valence-electron chi connectivity index (χ2n) is 7.12. The molecule has 2 aromatic rings. The van der Waals surface area contributed by atoms with Crippen LogP contribution in [0.5, 0.6) is 0 Å². The van der Waals surface area contributed by atoms with Gasteiger partial charge in [-0.25, -0.2) is 9.78 Å². The lowest BCUT2D eigenvalue weighted by Gasteiger charge is -2.23. The molecule has 0 aliphatic heterocycles. The number of hydrogen-bond acceptors (Lipinski definition) is 8. The van der Waals surface area contributed by atoms with Gasteiger partial charge in [-0.15, -0.1) is 0 Å². The first-order valence-corrected chi connectivity index (χ1v) is 10.6. The molecule has 0 unspecified atom stereocenters. The Morgan fingerprint density at radius 1 is 1.25 bits per heavy atom. The summed E-state index contributed by atoms with van der Waals surface area (Å²) >= 11 is 6.09. The molecule has 0 spiro atoms. The van der Waals surface area contributed by atoms with E-state index < -0.39 is 36.0 Å². The summed E-state index contributed by atoms with van der Waals surface area (Å²) in [6, 6.07) is 8.54. The zero-order valence-electron chi connectivity index (χ0n) is 18.9. The summed E-state index contributed by atoms with van der Waals surface area (Å²) in [5.74, 6) is -4.24. The minimum Gasteiger partial charge on any atom is -0.391 e. The standard InChI is InChI=1S/C20H23ClF3N7O5/c1-12-15(21)28-16(17(33)30(12)11-14(32)27-8-10-35-29-19(25)26)31(36-18(34)20(22,23)24)9-7-13-5-3-2-4-6-13/h2-6H,7-11H2,1H3,(H,27,32)(H4,25,26,29). The summed E-state index contributed by atoms with van der Waals surface area (Å²) in [7, 11) is 0. The number of nitrogens with one attached hydrogen (secondary N) is 1. The van der Waals surface area contributed by atoms with E-state index in [0.717, 1.165) is 4.57 Å². The van der Waals surface area contributed by atoms with Crippen molar-refractivity contribution in [3.05, 3.63) is 57.1 Å². The fourth-order valence-corrected chi connectivity index (χ4v) is 2.92. The van der Waals surface area contributed by atoms with Gasteiger partial charge in [0.25, 0.3) is 5.56 Å². The van der Waals surface area contributed by atoms with Gasteiger partial charge in [-0.05, 0) is 24.1 Å². The van der Waals surface area contributed by atoms with Gasteiger partial charge >= 0.3 is 12.1 Å². The molecule has 0 aliphatic carbocycles. The minimum atomic E-state index is -5.33. The first kappa shape index (κ1) is 28.2. The molecular weight excluding hydrogens is 511 g/mol. The lowest BCUT2D eigenvalue weighted by atomic mass is 10.1. The van der Waals surface area contributed by atoms with Gasteiger partial charge in [-0.1, -0.05) is 41.9 Å². The number of hydrogen-bond donors (Lipinski definition) is 3. The van der Waals surface area contributed by atoms with Gasteiger partial charge in [0.15, 0.2) is 5.15 Å². The summed E-state index contributed by atoms with van der Waals surface area (Å²) in [4.78, 5) is 49.9. The Morgan fingerprint density at radius 2 is 1.92 bits per heavy atom. The van der Waals surface area contributed by atoms with Crippen LogP contribution in [0.25, 0.3) is 0 Å². The molecule has 1 aromatic carbocycles. The molecule has 196 valence electrons. The van der Waals surface area contributed by atoms with Crippen molar-refractivity contribution in [1.29, 1.82) is 0 Å². The van der Waals surface area contributed by atoms with Crippen LogP contribution in [0.3, 0.4) is 0 Å². The fourth-order valence-electron chi connectivity index (χ4n) is 2.74. The maximum absolute atomic E-state index is 13.1. The van der Waals surface area contributed by atoms with E-state index in [2.05, 4.69) is 20.3 Å². The van der Waals surface area contributed by atoms with Crippen LogP contribution >= 0.6 is 11.6 Å². The van der Waals surface area contributed by atoms with Crippen LogP contribution in [0.4, 0.5) is 19.0 Å². The second kappa shape index (κ2) is 12.6. The fraction of sp³-hybridized carbons (Fsp3) is 0.350. The molecule has 0 saturated heterocycles. The predicted octanol–water partition coefficient (Wildman–Crippen LogP) is 0.596. The molecule has 16 heteroatoms. The monoisotopic (exact) mass is 533 g/mol. The van der Waals surface area contributed by atoms with Crippen LogP contribution < -0.4 is 27.4 Å². The molecule has 2 rings (SSSR count). The molecule has 36 heavy (non-hydrogen) atoms. The molecule has 1 amide bonds. The van der Waals surface area contributed by atoms with E-state index >= 15 is 0 Å². The molecular formula is C20H23ClF3N7O5. The number of hydroxylamine groups is 1. The molecule has 0 saturated carbocycles. The first-order chi connectivity index (χ1) is 16.9. The van der Waals surface area contributed by atoms with Crippen molar-refractivity contribution in [3.8, 4) is 0 Å². The third kappa shape index (κ3) is 8.33. The van der Waals surface area contributed by atoms with Crippen LogP contribution in [-0.2, 0) is 32.2 Å². The second-order valence-corrected chi connectivity index (χ2v) is 7.47. The lowest BCUT2D eigenvalue weighted by molar-refractivity contribution is -0.201. The van der Waals surface area contributed by atoms with E-state index in [0.29, 0.717) is 10.6 Å². The number of carbonyl (C=O) groups is 2. The van der Waals surface area contributed by atoms with Crippen LogP contribution in [0, 0.1) is 6.92 Å². The van der Waals surface area contributed by atoms with Crippen molar-refractivity contribution < 1.29 is 32.4 Å². The SMILES string of the molecule is Cc1c(Cl)nc(N(CCc2ccccc2)OC(=O)C(F)(F)F)c(=O)n1CC(=O)NCCON=C(N)N. The maximum Gasteiger partial charge on any atom is 0.493 e. The number of halogens is 4. The Kier molecular flexibility index (Phi) is 9.90. The molecule has 5 N–H and O–H groups in total. The Morgan fingerprint density at radius 3 is 2.53 bits per heavy atom. The number of alkyl halides is 3. The molecule has 0 fully saturated rings. The van der Waals surface area contributed by atoms with E-state index in [1.807, 2.05) is 0 Å². The number of nitrogens with two attached hydrogens (primary N) is 2. The van der Waals surface area contributed by atoms with Crippen LogP contribution in [0.2, 0.25) is 5.15 Å². The van der Waals surface area contributed by atoms with Gasteiger partial charge in [0, 0.05) is 0 Å². The number of carbonyl (C=O) groups excluding carboxylic acids is 2. The van der Waals surface area contributed by atoms with Crippen molar-refractivity contribution in [3.63, 3.8) is 0 Å². The predicted molar refractivity (Wildman–Crippen MR) is 123 cm³/mol. The third-order valence-electron chi connectivity index (χ3n) is 4.44. The smallest absolute Gasteiger partial charge is 0.391 e. The van der Waals surface area contributed by atoms with Gasteiger partial charge in [0.2, 0.25) is 17.7 Å². The quantitative estimate of drug-likeness (QED) is 0.162. The van der Waals surface area contributed by atoms with Gasteiger partial charge in [-0.2, -0.15) is 18.2 Å². The summed E-state index contributed by atoms with van der Waals surface area (Å²) in [5, 5.41) is 5.83. The van der Waals surface area contributed by atoms with Crippen molar-refractivity contribution in [2.75, 3.05) is 24.8 Å². The van der Waals surface area contributed by atoms with Gasteiger partial charge in [0.1, 0.15) is 13.2 Å². The number of rotatable bonds is 11. The lowest BCUT2D eigenvalue weighted by Crippen LogP contribution is -2.42. The van der Waals surface area contributed by atoms with Gasteiger partial charge in [0.05, 0.1) is 18.8 Å². The molecule has 0 atom stereocenters. The average Bonchev–Trinajstić information content (AvgIpc) is 2.81. The van der Waals surface area contributed by atoms with Crippen LogP contribution in [0.15, 0.2) is 40.3 Å². The Balaban J connectivity index is 2.29. The molecule has 0 radical (unpaired) electrons. The Labute approximate surface area is 207 Å². The number of oxime groups is 1. The highest BCUT2D eigenvalue weighted by Gasteiger charge is 2.43. The molecule has 12 nitrogen and oxygen atoms in total. The number of aromatic nitrogens is 2. The van der Waals surface area contributed by atoms with Gasteiger partial charge in [-0.3, -0.25) is 14.2 Å². The summed E-state index contributed by atoms with van der Waals surface area (Å²) < 4.78 is 39.5. The number of anilines is 1. The van der Waals surface area contributed by atoms with E-state index in [-0.39, 0.29) is 42.9 Å². The van der Waals surface area contributed by atoms with Crippen molar-refractivity contribution in [2.24, 2.45) is 16.6 Å².